The van der Waals surface area contributed by atoms with Crippen LogP contribution in [0.4, 0.5) is 5.82 Å². The van der Waals surface area contributed by atoms with E-state index >= 15 is 0 Å². The zero-order valence-electron chi connectivity index (χ0n) is 9.65. The molecule has 20 heavy (non-hydrogen) atoms. The highest BCUT2D eigenvalue weighted by Crippen LogP contribution is 2.43. The van der Waals surface area contributed by atoms with Gasteiger partial charge < -0.3 is 15.8 Å². The quantitative estimate of drug-likeness (QED) is 0.594. The van der Waals surface area contributed by atoms with Gasteiger partial charge in [0.05, 0.1) is 20.6 Å². The van der Waals surface area contributed by atoms with Crippen molar-refractivity contribution in [3.8, 4) is 17.1 Å². The first-order chi connectivity index (χ1) is 9.49. The van der Waals surface area contributed by atoms with Crippen LogP contribution in [-0.2, 0) is 0 Å². The lowest BCUT2D eigenvalue weighted by molar-refractivity contribution is 0.477. The van der Waals surface area contributed by atoms with Crippen molar-refractivity contribution in [3.05, 3.63) is 27.5 Å². The molecule has 0 saturated carbocycles. The minimum Gasteiger partial charge on any atom is -0.506 e. The summed E-state index contributed by atoms with van der Waals surface area (Å²) in [6.07, 6.45) is 1.29. The van der Waals surface area contributed by atoms with Crippen LogP contribution in [-0.4, -0.2) is 25.0 Å². The van der Waals surface area contributed by atoms with E-state index in [4.69, 9.17) is 40.5 Å². The van der Waals surface area contributed by atoms with E-state index in [1.807, 2.05) is 0 Å². The molecule has 0 spiro atoms. The summed E-state index contributed by atoms with van der Waals surface area (Å²) in [6, 6.07) is 1.35. The number of aromatic amines is 1. The average Bonchev–Trinajstić information content (AvgIpc) is 2.82. The predicted octanol–water partition coefficient (Wildman–Crippen LogP) is 3.27. The molecule has 3 aromatic rings. The van der Waals surface area contributed by atoms with E-state index in [-0.39, 0.29) is 38.0 Å². The number of aromatic hydroxyl groups is 1. The number of aromatic nitrogens is 4. The van der Waals surface area contributed by atoms with Gasteiger partial charge in [0, 0.05) is 0 Å². The summed E-state index contributed by atoms with van der Waals surface area (Å²) in [5.41, 5.74) is 6.68. The van der Waals surface area contributed by atoms with E-state index in [0.717, 1.165) is 0 Å². The van der Waals surface area contributed by atoms with Crippen LogP contribution in [0.2, 0.25) is 15.1 Å². The maximum absolute atomic E-state index is 10.0. The number of halogens is 3. The molecule has 4 N–H and O–H groups in total. The van der Waals surface area contributed by atoms with E-state index in [1.54, 1.807) is 0 Å². The van der Waals surface area contributed by atoms with E-state index in [9.17, 15) is 5.11 Å². The normalized spacial score (nSPS) is 11.2. The molecule has 0 saturated heterocycles. The van der Waals surface area contributed by atoms with Gasteiger partial charge in [-0.1, -0.05) is 34.8 Å². The molecule has 3 rings (SSSR count). The second kappa shape index (κ2) is 4.66. The SMILES string of the molecule is Nc1ncnc2nc(-c3c(O)c(Cl)cc(Cl)c3Cl)[nH]c12. The number of fused-ring (bicyclic) bond motifs is 1. The number of nitrogens with one attached hydrogen (secondary N) is 1. The van der Waals surface area contributed by atoms with Gasteiger partial charge in [-0.3, -0.25) is 0 Å². The van der Waals surface area contributed by atoms with Crippen LogP contribution in [0, 0.1) is 0 Å². The van der Waals surface area contributed by atoms with Gasteiger partial charge in [0.25, 0.3) is 0 Å². The van der Waals surface area contributed by atoms with Gasteiger partial charge in [0.1, 0.15) is 23.4 Å². The van der Waals surface area contributed by atoms with Gasteiger partial charge in [0.15, 0.2) is 11.5 Å². The lowest BCUT2D eigenvalue weighted by Crippen LogP contribution is -1.91. The molecule has 1 aromatic carbocycles. The average molecular weight is 331 g/mol. The van der Waals surface area contributed by atoms with Crippen LogP contribution < -0.4 is 5.73 Å². The van der Waals surface area contributed by atoms with Crippen LogP contribution in [0.1, 0.15) is 0 Å². The molecule has 0 aliphatic rings. The Balaban J connectivity index is 2.34. The summed E-state index contributed by atoms with van der Waals surface area (Å²) in [5, 5.41) is 10.4. The van der Waals surface area contributed by atoms with Crippen molar-refractivity contribution in [3.63, 3.8) is 0 Å². The van der Waals surface area contributed by atoms with Crippen molar-refractivity contribution >= 4 is 51.8 Å². The molecule has 9 heteroatoms. The number of H-pyrrole nitrogens is 1. The molecule has 0 amide bonds. The predicted molar refractivity (Wildman–Crippen MR) is 78.2 cm³/mol. The molecule has 0 aliphatic carbocycles. The number of anilines is 1. The number of hydrogen-bond acceptors (Lipinski definition) is 5. The number of nitrogens with two attached hydrogens (primary N) is 1. The molecule has 0 unspecified atom stereocenters. The summed E-state index contributed by atoms with van der Waals surface area (Å²) in [5.74, 6) is 0.253. The van der Waals surface area contributed by atoms with Crippen LogP contribution in [0.5, 0.6) is 5.75 Å². The Morgan fingerprint density at radius 2 is 1.90 bits per heavy atom. The third-order valence-electron chi connectivity index (χ3n) is 2.70. The molecular weight excluding hydrogens is 325 g/mol. The van der Waals surface area contributed by atoms with E-state index in [0.29, 0.717) is 11.2 Å². The van der Waals surface area contributed by atoms with Crippen molar-refractivity contribution in [2.45, 2.75) is 0 Å². The van der Waals surface area contributed by atoms with Gasteiger partial charge in [0.2, 0.25) is 0 Å². The smallest absolute Gasteiger partial charge is 0.183 e. The van der Waals surface area contributed by atoms with E-state index in [1.165, 1.54) is 12.4 Å². The zero-order valence-corrected chi connectivity index (χ0v) is 11.9. The number of rotatable bonds is 1. The molecule has 0 radical (unpaired) electrons. The highest BCUT2D eigenvalue weighted by Gasteiger charge is 2.20. The molecule has 0 fully saturated rings. The zero-order chi connectivity index (χ0) is 14.4. The summed E-state index contributed by atoms with van der Waals surface area (Å²) in [7, 11) is 0. The first-order valence-corrected chi connectivity index (χ1v) is 6.45. The maximum atomic E-state index is 10.0. The Bertz CT molecular complexity index is 806. The minimum absolute atomic E-state index is 0.0638. The van der Waals surface area contributed by atoms with Crippen molar-refractivity contribution in [1.82, 2.24) is 19.9 Å². The number of hydrogen-bond donors (Lipinski definition) is 3. The number of imidazole rings is 1. The van der Waals surface area contributed by atoms with Crippen molar-refractivity contribution < 1.29 is 5.11 Å². The second-order valence-corrected chi connectivity index (χ2v) is 5.11. The number of phenols is 1. The van der Waals surface area contributed by atoms with Gasteiger partial charge in [-0.25, -0.2) is 15.0 Å². The van der Waals surface area contributed by atoms with Gasteiger partial charge in [-0.05, 0) is 6.07 Å². The fraction of sp³-hybridized carbons (Fsp3) is 0. The van der Waals surface area contributed by atoms with Gasteiger partial charge in [-0.15, -0.1) is 0 Å². The summed E-state index contributed by atoms with van der Waals surface area (Å²) in [4.78, 5) is 14.9. The Morgan fingerprint density at radius 1 is 1.15 bits per heavy atom. The maximum Gasteiger partial charge on any atom is 0.183 e. The first-order valence-electron chi connectivity index (χ1n) is 5.32. The summed E-state index contributed by atoms with van der Waals surface area (Å²) in [6.45, 7) is 0. The lowest BCUT2D eigenvalue weighted by atomic mass is 10.2. The fourth-order valence-electron chi connectivity index (χ4n) is 1.77. The Hall–Kier alpha value is -1.76. The fourth-order valence-corrected chi connectivity index (χ4v) is 2.46. The first kappa shape index (κ1) is 13.2. The number of phenolic OH excluding ortho intramolecular Hbond substituents is 1. The molecule has 2 heterocycles. The molecule has 2 aromatic heterocycles. The molecule has 0 bridgehead atoms. The molecular formula is C11H6Cl3N5O. The van der Waals surface area contributed by atoms with E-state index in [2.05, 4.69) is 19.9 Å². The topological polar surface area (TPSA) is 101 Å². The molecule has 0 aliphatic heterocycles. The second-order valence-electron chi connectivity index (χ2n) is 3.92. The minimum atomic E-state index is -0.230. The highest BCUT2D eigenvalue weighted by atomic mass is 35.5. The monoisotopic (exact) mass is 329 g/mol. The molecule has 6 nitrogen and oxygen atoms in total. The summed E-state index contributed by atoms with van der Waals surface area (Å²) < 4.78 is 0. The number of nitrogens with zero attached hydrogens (tertiary/aromatic N) is 3. The van der Waals surface area contributed by atoms with Gasteiger partial charge in [-0.2, -0.15) is 0 Å². The Morgan fingerprint density at radius 3 is 2.60 bits per heavy atom. The van der Waals surface area contributed by atoms with Crippen LogP contribution >= 0.6 is 34.8 Å². The standard InChI is InChI=1S/C11H6Cl3N5O/c12-3-1-4(13)8(20)5(6(3)14)10-18-7-9(15)16-2-17-11(7)19-10/h1-2,20H,(H3,15,16,17,18,19). The Labute approximate surface area is 127 Å². The van der Waals surface area contributed by atoms with Crippen molar-refractivity contribution in [2.24, 2.45) is 0 Å². The third-order valence-corrected chi connectivity index (χ3v) is 3.78. The number of nitrogen functional groups attached to an aromatic ring is 1. The Kier molecular flexibility index (Phi) is 3.08. The molecule has 102 valence electrons. The number of benzene rings is 1. The van der Waals surface area contributed by atoms with E-state index < -0.39 is 0 Å². The lowest BCUT2D eigenvalue weighted by Gasteiger charge is -2.07. The highest BCUT2D eigenvalue weighted by molar-refractivity contribution is 6.45. The van der Waals surface area contributed by atoms with Gasteiger partial charge >= 0.3 is 0 Å². The summed E-state index contributed by atoms with van der Waals surface area (Å²) >= 11 is 17.9. The third kappa shape index (κ3) is 1.93. The van der Waals surface area contributed by atoms with Crippen molar-refractivity contribution in [2.75, 3.05) is 5.73 Å². The van der Waals surface area contributed by atoms with Crippen LogP contribution in [0.15, 0.2) is 12.4 Å². The van der Waals surface area contributed by atoms with Crippen molar-refractivity contribution in [1.29, 1.82) is 0 Å². The largest absolute Gasteiger partial charge is 0.506 e. The van der Waals surface area contributed by atoms with Crippen LogP contribution in [0.3, 0.4) is 0 Å². The van der Waals surface area contributed by atoms with Crippen LogP contribution in [0.25, 0.3) is 22.6 Å². The molecule has 0 atom stereocenters.